The maximum Gasteiger partial charge on any atom is 0.323 e. The Morgan fingerprint density at radius 3 is 2.24 bits per heavy atom. The molecule has 2 aromatic rings. The van der Waals surface area contributed by atoms with Crippen molar-refractivity contribution >= 4 is 23.4 Å². The Morgan fingerprint density at radius 2 is 1.62 bits per heavy atom. The van der Waals surface area contributed by atoms with Crippen LogP contribution in [0, 0.1) is 5.82 Å². The molecule has 0 heterocycles. The normalized spacial score (nSPS) is 9.95. The van der Waals surface area contributed by atoms with Crippen LogP contribution < -0.4 is 10.6 Å². The van der Waals surface area contributed by atoms with Gasteiger partial charge in [-0.1, -0.05) is 18.2 Å². The number of benzene rings is 2. The van der Waals surface area contributed by atoms with Crippen molar-refractivity contribution < 1.29 is 19.1 Å². The van der Waals surface area contributed by atoms with Crippen LogP contribution in [-0.2, 0) is 11.2 Å². The molecule has 2 amide bonds. The van der Waals surface area contributed by atoms with Gasteiger partial charge < -0.3 is 15.7 Å². The molecule has 0 saturated carbocycles. The number of hydrogen-bond acceptors (Lipinski definition) is 2. The molecule has 108 valence electrons. The van der Waals surface area contributed by atoms with Gasteiger partial charge in [-0.25, -0.2) is 9.18 Å². The van der Waals surface area contributed by atoms with Gasteiger partial charge in [-0.2, -0.15) is 0 Å². The molecule has 0 radical (unpaired) electrons. The quantitative estimate of drug-likeness (QED) is 0.809. The van der Waals surface area contributed by atoms with Crippen LogP contribution in [0.3, 0.4) is 0 Å². The number of carbonyl (C=O) groups excluding carboxylic acids is 1. The van der Waals surface area contributed by atoms with Gasteiger partial charge in [-0.15, -0.1) is 0 Å². The summed E-state index contributed by atoms with van der Waals surface area (Å²) in [7, 11) is 0. The molecule has 6 heteroatoms. The number of carboxylic acid groups (broad SMARTS) is 1. The molecule has 0 saturated heterocycles. The summed E-state index contributed by atoms with van der Waals surface area (Å²) in [5.41, 5.74) is 1.36. The largest absolute Gasteiger partial charge is 0.481 e. The Kier molecular flexibility index (Phi) is 4.50. The highest BCUT2D eigenvalue weighted by atomic mass is 19.1. The predicted octanol–water partition coefficient (Wildman–Crippen LogP) is 3.10. The molecule has 0 aliphatic heterocycles. The van der Waals surface area contributed by atoms with Crippen molar-refractivity contribution in [1.82, 2.24) is 0 Å². The minimum Gasteiger partial charge on any atom is -0.481 e. The van der Waals surface area contributed by atoms with Crippen LogP contribution in [0.2, 0.25) is 0 Å². The van der Waals surface area contributed by atoms with Gasteiger partial charge in [0.2, 0.25) is 0 Å². The Labute approximate surface area is 120 Å². The van der Waals surface area contributed by atoms with Crippen molar-refractivity contribution in [3.05, 3.63) is 59.9 Å². The van der Waals surface area contributed by atoms with E-state index in [1.54, 1.807) is 30.3 Å². The molecular weight excluding hydrogens is 275 g/mol. The summed E-state index contributed by atoms with van der Waals surface area (Å²) in [5.74, 6) is -1.40. The van der Waals surface area contributed by atoms with Crippen LogP contribution in [0.5, 0.6) is 0 Å². The van der Waals surface area contributed by atoms with Crippen LogP contribution in [0.4, 0.5) is 20.6 Å². The van der Waals surface area contributed by atoms with E-state index in [1.165, 1.54) is 18.2 Å². The van der Waals surface area contributed by atoms with E-state index >= 15 is 0 Å². The lowest BCUT2D eigenvalue weighted by atomic mass is 10.1. The molecule has 5 nitrogen and oxygen atoms in total. The summed E-state index contributed by atoms with van der Waals surface area (Å²) in [6.07, 6.45) is -0.124. The highest BCUT2D eigenvalue weighted by Crippen LogP contribution is 2.13. The molecule has 0 atom stereocenters. The second kappa shape index (κ2) is 6.51. The fraction of sp³-hybridized carbons (Fsp3) is 0.0667. The lowest BCUT2D eigenvalue weighted by molar-refractivity contribution is -0.136. The number of carbonyl (C=O) groups is 2. The van der Waals surface area contributed by atoms with Gasteiger partial charge in [0.1, 0.15) is 5.82 Å². The molecule has 0 bridgehead atoms. The van der Waals surface area contributed by atoms with Crippen molar-refractivity contribution in [3.8, 4) is 0 Å². The summed E-state index contributed by atoms with van der Waals surface area (Å²) in [6, 6.07) is 11.5. The van der Waals surface area contributed by atoms with Crippen molar-refractivity contribution in [2.75, 3.05) is 10.6 Å². The van der Waals surface area contributed by atoms with E-state index in [-0.39, 0.29) is 6.42 Å². The molecular formula is C15H13FN2O3. The summed E-state index contributed by atoms with van der Waals surface area (Å²) < 4.78 is 13.0. The van der Waals surface area contributed by atoms with Crippen LogP contribution in [0.1, 0.15) is 5.56 Å². The zero-order chi connectivity index (χ0) is 15.2. The number of nitrogens with one attached hydrogen (secondary N) is 2. The number of rotatable bonds is 4. The maximum atomic E-state index is 13.0. The molecule has 2 aromatic carbocycles. The summed E-state index contributed by atoms with van der Waals surface area (Å²) in [6.45, 7) is 0. The first-order valence-electron chi connectivity index (χ1n) is 6.17. The monoisotopic (exact) mass is 288 g/mol. The highest BCUT2D eigenvalue weighted by Gasteiger charge is 2.05. The number of hydrogen-bond donors (Lipinski definition) is 3. The van der Waals surface area contributed by atoms with E-state index in [2.05, 4.69) is 10.6 Å². The van der Waals surface area contributed by atoms with Gasteiger partial charge in [0.05, 0.1) is 6.42 Å². The molecule has 0 spiro atoms. The van der Waals surface area contributed by atoms with Crippen molar-refractivity contribution in [2.45, 2.75) is 6.42 Å². The van der Waals surface area contributed by atoms with Crippen molar-refractivity contribution in [2.24, 2.45) is 0 Å². The predicted molar refractivity (Wildman–Crippen MR) is 76.8 cm³/mol. The van der Waals surface area contributed by atoms with E-state index in [9.17, 15) is 14.0 Å². The van der Waals surface area contributed by atoms with Gasteiger partial charge in [0, 0.05) is 11.4 Å². The van der Waals surface area contributed by atoms with Gasteiger partial charge in [-0.3, -0.25) is 4.79 Å². The Bertz CT molecular complexity index is 673. The molecule has 0 fully saturated rings. The lowest BCUT2D eigenvalue weighted by Crippen LogP contribution is -2.19. The highest BCUT2D eigenvalue weighted by molar-refractivity contribution is 5.99. The van der Waals surface area contributed by atoms with E-state index < -0.39 is 17.8 Å². The molecule has 0 unspecified atom stereocenters. The maximum absolute atomic E-state index is 13.0. The fourth-order valence-electron chi connectivity index (χ4n) is 1.79. The standard InChI is InChI=1S/C15H13FN2O3/c16-11-4-2-6-13(9-11)18-15(21)17-12-5-1-3-10(7-12)8-14(19)20/h1-7,9H,8H2,(H,19,20)(H2,17,18,21). The number of amides is 2. The second-order valence-corrected chi connectivity index (χ2v) is 4.36. The zero-order valence-corrected chi connectivity index (χ0v) is 11.0. The van der Waals surface area contributed by atoms with Crippen LogP contribution in [-0.4, -0.2) is 17.1 Å². The third kappa shape index (κ3) is 4.61. The first kappa shape index (κ1) is 14.5. The second-order valence-electron chi connectivity index (χ2n) is 4.36. The number of carboxylic acids is 1. The first-order valence-corrected chi connectivity index (χ1v) is 6.17. The van der Waals surface area contributed by atoms with Crippen molar-refractivity contribution in [3.63, 3.8) is 0 Å². The van der Waals surface area contributed by atoms with Gasteiger partial charge in [0.15, 0.2) is 0 Å². The third-order valence-electron chi connectivity index (χ3n) is 2.62. The Balaban J connectivity index is 2.01. The van der Waals surface area contributed by atoms with Gasteiger partial charge in [0.25, 0.3) is 0 Å². The van der Waals surface area contributed by atoms with E-state index in [0.29, 0.717) is 16.9 Å². The molecule has 2 rings (SSSR count). The Morgan fingerprint density at radius 1 is 1.00 bits per heavy atom. The molecule has 0 aliphatic rings. The number of anilines is 2. The minimum atomic E-state index is -0.948. The summed E-state index contributed by atoms with van der Waals surface area (Å²) >= 11 is 0. The molecule has 3 N–H and O–H groups in total. The number of urea groups is 1. The smallest absolute Gasteiger partial charge is 0.323 e. The molecule has 21 heavy (non-hydrogen) atoms. The van der Waals surface area contributed by atoms with E-state index in [4.69, 9.17) is 5.11 Å². The zero-order valence-electron chi connectivity index (χ0n) is 11.0. The summed E-state index contributed by atoms with van der Waals surface area (Å²) in [4.78, 5) is 22.4. The fourth-order valence-corrected chi connectivity index (χ4v) is 1.79. The first-order chi connectivity index (χ1) is 10.0. The van der Waals surface area contributed by atoms with Gasteiger partial charge in [-0.05, 0) is 35.9 Å². The van der Waals surface area contributed by atoms with Gasteiger partial charge >= 0.3 is 12.0 Å². The van der Waals surface area contributed by atoms with E-state index in [1.807, 2.05) is 0 Å². The number of halogens is 1. The van der Waals surface area contributed by atoms with E-state index in [0.717, 1.165) is 0 Å². The topological polar surface area (TPSA) is 78.4 Å². The molecule has 0 aromatic heterocycles. The van der Waals surface area contributed by atoms with Crippen LogP contribution in [0.25, 0.3) is 0 Å². The Hall–Kier alpha value is -2.89. The minimum absolute atomic E-state index is 0.124. The van der Waals surface area contributed by atoms with Crippen LogP contribution >= 0.6 is 0 Å². The van der Waals surface area contributed by atoms with Crippen molar-refractivity contribution in [1.29, 1.82) is 0 Å². The average molecular weight is 288 g/mol. The molecule has 0 aliphatic carbocycles. The lowest BCUT2D eigenvalue weighted by Gasteiger charge is -2.08. The third-order valence-corrected chi connectivity index (χ3v) is 2.62. The number of aliphatic carboxylic acids is 1. The SMILES string of the molecule is O=C(O)Cc1cccc(NC(=O)Nc2cccc(F)c2)c1. The van der Waals surface area contributed by atoms with Crippen LogP contribution in [0.15, 0.2) is 48.5 Å². The average Bonchev–Trinajstić information content (AvgIpc) is 2.37. The summed E-state index contributed by atoms with van der Waals surface area (Å²) in [5, 5.41) is 13.8.